The van der Waals surface area contributed by atoms with Gasteiger partial charge < -0.3 is 0 Å². The van der Waals surface area contributed by atoms with E-state index in [1.165, 1.54) is 0 Å². The minimum absolute atomic E-state index is 0.478. The van der Waals surface area contributed by atoms with Crippen molar-refractivity contribution >= 4 is 17.1 Å². The van der Waals surface area contributed by atoms with Crippen molar-refractivity contribution in [1.29, 1.82) is 0 Å². The molecule has 1 aromatic carbocycles. The Labute approximate surface area is 123 Å². The van der Waals surface area contributed by atoms with Gasteiger partial charge in [0.25, 0.3) is 0 Å². The molecule has 1 aromatic rings. The molecule has 0 unspecified atom stereocenters. The zero-order valence-electron chi connectivity index (χ0n) is 12.0. The first-order valence-electron chi connectivity index (χ1n) is 7.31. The molecule has 2 aliphatic rings. The minimum atomic E-state index is -0.659. The number of hydrogen-bond acceptors (Lipinski definition) is 3. The van der Waals surface area contributed by atoms with E-state index in [1.807, 2.05) is 36.4 Å². The summed E-state index contributed by atoms with van der Waals surface area (Å²) in [6.45, 7) is 2.13. The van der Waals surface area contributed by atoms with Gasteiger partial charge in [-0.1, -0.05) is 68.3 Å². The van der Waals surface area contributed by atoms with E-state index in [4.69, 9.17) is 5.26 Å². The second-order valence-electron chi connectivity index (χ2n) is 5.51. The largest absolute Gasteiger partial charge is 0.370 e. The molecular weight excluding hydrogens is 264 g/mol. The highest BCUT2D eigenvalue weighted by atomic mass is 17.1. The van der Waals surface area contributed by atoms with E-state index in [0.717, 1.165) is 35.3 Å². The Morgan fingerprint density at radius 2 is 2.00 bits per heavy atom. The first-order valence-corrected chi connectivity index (χ1v) is 7.31. The molecular formula is C18H18O3. The zero-order chi connectivity index (χ0) is 14.9. The first-order chi connectivity index (χ1) is 10.2. The summed E-state index contributed by atoms with van der Waals surface area (Å²) < 4.78 is 0. The van der Waals surface area contributed by atoms with Crippen LogP contribution in [-0.2, 0) is 9.68 Å². The lowest BCUT2D eigenvalue weighted by atomic mass is 9.70. The van der Waals surface area contributed by atoms with Crippen molar-refractivity contribution < 1.29 is 14.9 Å². The van der Waals surface area contributed by atoms with Gasteiger partial charge in [-0.25, -0.2) is 4.79 Å². The number of unbranched alkanes of at least 4 members (excludes halogenated alkanes) is 1. The Morgan fingerprint density at radius 1 is 1.24 bits per heavy atom. The van der Waals surface area contributed by atoms with E-state index in [2.05, 4.69) is 24.0 Å². The lowest BCUT2D eigenvalue weighted by Gasteiger charge is -2.32. The van der Waals surface area contributed by atoms with Gasteiger partial charge in [0.2, 0.25) is 0 Å². The van der Waals surface area contributed by atoms with Gasteiger partial charge in [-0.2, -0.15) is 5.26 Å². The molecule has 0 saturated heterocycles. The molecule has 2 aliphatic carbocycles. The van der Waals surface area contributed by atoms with Crippen LogP contribution >= 0.6 is 0 Å². The van der Waals surface area contributed by atoms with Crippen LogP contribution in [0, 0.1) is 5.41 Å². The maximum atomic E-state index is 12.2. The molecule has 0 bridgehead atoms. The topological polar surface area (TPSA) is 46.5 Å². The van der Waals surface area contributed by atoms with E-state index in [0.29, 0.717) is 5.57 Å². The molecule has 0 aliphatic heterocycles. The molecule has 3 rings (SSSR count). The quantitative estimate of drug-likeness (QED) is 0.681. The number of carbonyl (C=O) groups excluding carboxylic acids is 1. The monoisotopic (exact) mass is 282 g/mol. The standard InChI is InChI=1S/C18H18O3/c1-2-3-11-18-12-7-6-10-15(18)13-8-4-5-9-14(13)16(18)17(19)21-20/h4-10,12,20H,2-3,11H2,1H3/t18-/m1/s1. The summed E-state index contributed by atoms with van der Waals surface area (Å²) in [5, 5.41) is 10.8. The van der Waals surface area contributed by atoms with Gasteiger partial charge in [-0.3, -0.25) is 4.89 Å². The van der Waals surface area contributed by atoms with E-state index in [9.17, 15) is 4.79 Å². The SMILES string of the molecule is CCCC[C@@]12C=CC=CC1=c1ccccc1=C2C(=O)OO. The number of benzene rings is 1. The number of allylic oxidation sites excluding steroid dienone is 4. The number of carbonyl (C=O) groups is 1. The highest BCUT2D eigenvalue weighted by Gasteiger charge is 2.43. The highest BCUT2D eigenvalue weighted by molar-refractivity contribution is 6.17. The van der Waals surface area contributed by atoms with Crippen molar-refractivity contribution in [2.45, 2.75) is 26.2 Å². The van der Waals surface area contributed by atoms with Gasteiger partial charge in [0.15, 0.2) is 0 Å². The molecule has 0 radical (unpaired) electrons. The second-order valence-corrected chi connectivity index (χ2v) is 5.51. The van der Waals surface area contributed by atoms with Crippen LogP contribution in [0.15, 0.2) is 48.6 Å². The van der Waals surface area contributed by atoms with E-state index >= 15 is 0 Å². The fourth-order valence-corrected chi connectivity index (χ4v) is 3.47. The van der Waals surface area contributed by atoms with Crippen molar-refractivity contribution in [3.63, 3.8) is 0 Å². The molecule has 3 nitrogen and oxygen atoms in total. The summed E-state index contributed by atoms with van der Waals surface area (Å²) in [5.41, 5.74) is 1.19. The van der Waals surface area contributed by atoms with Gasteiger partial charge in [0.1, 0.15) is 0 Å². The number of hydrogen-bond donors (Lipinski definition) is 1. The van der Waals surface area contributed by atoms with E-state index in [-0.39, 0.29) is 0 Å². The van der Waals surface area contributed by atoms with Gasteiger partial charge >= 0.3 is 5.97 Å². The predicted molar refractivity (Wildman–Crippen MR) is 81.5 cm³/mol. The Hall–Kier alpha value is -2.13. The normalized spacial score (nSPS) is 22.2. The Morgan fingerprint density at radius 3 is 2.71 bits per heavy atom. The Kier molecular flexibility index (Phi) is 3.52. The smallest absolute Gasteiger partial charge is 0.296 e. The lowest BCUT2D eigenvalue weighted by molar-refractivity contribution is -0.227. The average molecular weight is 282 g/mol. The van der Waals surface area contributed by atoms with Crippen LogP contribution < -0.4 is 10.4 Å². The van der Waals surface area contributed by atoms with E-state index in [1.54, 1.807) is 0 Å². The summed E-state index contributed by atoms with van der Waals surface area (Å²) in [4.78, 5) is 16.3. The van der Waals surface area contributed by atoms with Crippen molar-refractivity contribution in [1.82, 2.24) is 0 Å². The molecule has 0 aromatic heterocycles. The fourth-order valence-electron chi connectivity index (χ4n) is 3.47. The molecule has 0 saturated carbocycles. The molecule has 0 amide bonds. The Bertz CT molecular complexity index is 755. The Balaban J connectivity index is 2.34. The van der Waals surface area contributed by atoms with E-state index < -0.39 is 11.4 Å². The summed E-state index contributed by atoms with van der Waals surface area (Å²) in [5.74, 6) is -0.659. The van der Waals surface area contributed by atoms with Crippen LogP contribution in [0.4, 0.5) is 0 Å². The van der Waals surface area contributed by atoms with Crippen LogP contribution in [0.25, 0.3) is 11.1 Å². The van der Waals surface area contributed by atoms with Crippen molar-refractivity contribution in [2.75, 3.05) is 0 Å². The maximum Gasteiger partial charge on any atom is 0.370 e. The first kappa shape index (κ1) is 13.8. The van der Waals surface area contributed by atoms with Crippen LogP contribution in [0.2, 0.25) is 0 Å². The van der Waals surface area contributed by atoms with Crippen molar-refractivity contribution in [3.05, 3.63) is 59.0 Å². The predicted octanol–water partition coefficient (Wildman–Crippen LogP) is 2.32. The third kappa shape index (κ3) is 1.96. The van der Waals surface area contributed by atoms with Crippen LogP contribution in [0.1, 0.15) is 26.2 Å². The minimum Gasteiger partial charge on any atom is -0.296 e. The highest BCUT2D eigenvalue weighted by Crippen LogP contribution is 2.47. The third-order valence-corrected chi connectivity index (χ3v) is 4.38. The summed E-state index contributed by atoms with van der Waals surface area (Å²) in [6.07, 6.45) is 11.0. The van der Waals surface area contributed by atoms with Crippen LogP contribution in [0.5, 0.6) is 0 Å². The molecule has 0 heterocycles. The summed E-state index contributed by atoms with van der Waals surface area (Å²) in [7, 11) is 0. The molecule has 108 valence electrons. The molecule has 3 heteroatoms. The van der Waals surface area contributed by atoms with Gasteiger partial charge in [0.05, 0.1) is 5.57 Å². The van der Waals surface area contributed by atoms with Crippen molar-refractivity contribution in [2.24, 2.45) is 5.41 Å². The zero-order valence-corrected chi connectivity index (χ0v) is 12.0. The molecule has 21 heavy (non-hydrogen) atoms. The summed E-state index contributed by atoms with van der Waals surface area (Å²) in [6, 6.07) is 7.81. The third-order valence-electron chi connectivity index (χ3n) is 4.38. The number of fused-ring (bicyclic) bond motifs is 2. The fraction of sp³-hybridized carbons (Fsp3) is 0.278. The number of rotatable bonds is 4. The molecule has 0 spiro atoms. The van der Waals surface area contributed by atoms with Gasteiger partial charge in [0, 0.05) is 5.41 Å². The maximum absolute atomic E-state index is 12.2. The second kappa shape index (κ2) is 5.34. The summed E-state index contributed by atoms with van der Waals surface area (Å²) >= 11 is 0. The van der Waals surface area contributed by atoms with Crippen LogP contribution in [-0.4, -0.2) is 11.2 Å². The van der Waals surface area contributed by atoms with Gasteiger partial charge in [-0.05, 0) is 22.4 Å². The molecule has 0 fully saturated rings. The molecule has 1 N–H and O–H groups in total. The lowest BCUT2D eigenvalue weighted by Crippen LogP contribution is -2.28. The average Bonchev–Trinajstić information content (AvgIpc) is 2.83. The van der Waals surface area contributed by atoms with Gasteiger partial charge in [-0.15, -0.1) is 0 Å². The van der Waals surface area contributed by atoms with Crippen molar-refractivity contribution in [3.8, 4) is 0 Å². The van der Waals surface area contributed by atoms with Crippen LogP contribution in [0.3, 0.4) is 0 Å². The molecule has 1 atom stereocenters.